The molecule has 0 bridgehead atoms. The van der Waals surface area contributed by atoms with Crippen LogP contribution in [-0.4, -0.2) is 63.2 Å². The molecule has 0 aliphatic rings. The zero-order valence-corrected chi connectivity index (χ0v) is 24.0. The van der Waals surface area contributed by atoms with Crippen molar-refractivity contribution in [3.05, 3.63) is 59.7 Å². The lowest BCUT2D eigenvalue weighted by Gasteiger charge is -2.26. The van der Waals surface area contributed by atoms with Crippen LogP contribution >= 0.6 is 0 Å². The number of carboxylic acids is 1. The van der Waals surface area contributed by atoms with E-state index in [-0.39, 0.29) is 49.0 Å². The maximum absolute atomic E-state index is 13.5. The van der Waals surface area contributed by atoms with Crippen molar-refractivity contribution in [3.8, 4) is 11.5 Å². The van der Waals surface area contributed by atoms with Crippen LogP contribution in [0.15, 0.2) is 48.5 Å². The summed E-state index contributed by atoms with van der Waals surface area (Å²) in [5.74, 6) is -2.91. The highest BCUT2D eigenvalue weighted by Gasteiger charge is 2.31. The first kappa shape index (κ1) is 33.1. The SMILES string of the molecule is CC(C)C[C@H](NC(=O)[C@H](Cc1ccc(O)cc1)NC(=O)[C@H](CC(C)C)NC(=O)[C@@H](N)Cc1ccc(O)cc1)C(=O)O. The summed E-state index contributed by atoms with van der Waals surface area (Å²) in [5.41, 5.74) is 7.46. The minimum absolute atomic E-state index is 0.00189. The van der Waals surface area contributed by atoms with Gasteiger partial charge in [-0.05, 0) is 66.5 Å². The number of rotatable bonds is 15. The third-order valence-corrected chi connectivity index (χ3v) is 6.40. The smallest absolute Gasteiger partial charge is 0.326 e. The van der Waals surface area contributed by atoms with Crippen LogP contribution in [0.3, 0.4) is 0 Å². The summed E-state index contributed by atoms with van der Waals surface area (Å²) in [5, 5.41) is 36.6. The number of nitrogens with one attached hydrogen (secondary N) is 3. The number of carboxylic acid groups (broad SMARTS) is 1. The molecule has 0 saturated carbocycles. The standard InChI is InChI=1S/C30H42N4O7/c1-17(2)13-24(32-27(37)23(31)15-19-5-9-21(35)10-6-19)28(38)33-25(16-20-7-11-22(36)12-8-20)29(39)34-26(30(40)41)14-18(3)4/h5-12,17-18,23-26,35-36H,13-16,31H2,1-4H3,(H,32,37)(H,33,38)(H,34,39)(H,40,41)/t23-,24-,25-,26-/m0/s1. The van der Waals surface area contributed by atoms with Gasteiger partial charge in [-0.3, -0.25) is 14.4 Å². The molecule has 0 aliphatic carbocycles. The number of aromatic hydroxyl groups is 2. The molecule has 0 fully saturated rings. The molecule has 0 heterocycles. The lowest BCUT2D eigenvalue weighted by Crippen LogP contribution is -2.58. The maximum atomic E-state index is 13.5. The van der Waals surface area contributed by atoms with Gasteiger partial charge in [0.05, 0.1) is 6.04 Å². The van der Waals surface area contributed by atoms with E-state index in [1.165, 1.54) is 24.3 Å². The Hall–Kier alpha value is -4.12. The average Bonchev–Trinajstić information content (AvgIpc) is 2.89. The Morgan fingerprint density at radius 2 is 1.02 bits per heavy atom. The van der Waals surface area contributed by atoms with Crippen LogP contribution in [-0.2, 0) is 32.0 Å². The summed E-state index contributed by atoms with van der Waals surface area (Å²) in [4.78, 5) is 51.5. The Balaban J connectivity index is 2.22. The van der Waals surface area contributed by atoms with Crippen LogP contribution in [0.2, 0.25) is 0 Å². The quantitative estimate of drug-likeness (QED) is 0.169. The molecule has 0 spiro atoms. The molecule has 4 atom stereocenters. The Morgan fingerprint density at radius 3 is 1.49 bits per heavy atom. The molecule has 0 aromatic heterocycles. The summed E-state index contributed by atoms with van der Waals surface area (Å²) < 4.78 is 0. The number of phenolic OH excluding ortho intramolecular Hbond substituents is 2. The second-order valence-corrected chi connectivity index (χ2v) is 11.1. The minimum Gasteiger partial charge on any atom is -0.508 e. The van der Waals surface area contributed by atoms with Crippen LogP contribution in [0.25, 0.3) is 0 Å². The highest BCUT2D eigenvalue weighted by Crippen LogP contribution is 2.14. The van der Waals surface area contributed by atoms with E-state index in [0.29, 0.717) is 5.56 Å². The zero-order valence-electron chi connectivity index (χ0n) is 24.0. The van der Waals surface area contributed by atoms with Crippen LogP contribution in [0.1, 0.15) is 51.7 Å². The third-order valence-electron chi connectivity index (χ3n) is 6.40. The molecule has 11 nitrogen and oxygen atoms in total. The van der Waals surface area contributed by atoms with E-state index in [9.17, 15) is 34.5 Å². The van der Waals surface area contributed by atoms with Crippen LogP contribution in [0.5, 0.6) is 11.5 Å². The first-order chi connectivity index (χ1) is 19.2. The number of aliphatic carboxylic acids is 1. The van der Waals surface area contributed by atoms with Crippen LogP contribution in [0.4, 0.5) is 0 Å². The predicted molar refractivity (Wildman–Crippen MR) is 154 cm³/mol. The zero-order chi connectivity index (χ0) is 30.7. The average molecular weight is 571 g/mol. The summed E-state index contributed by atoms with van der Waals surface area (Å²) >= 11 is 0. The summed E-state index contributed by atoms with van der Waals surface area (Å²) in [7, 11) is 0. The second kappa shape index (κ2) is 15.6. The lowest BCUT2D eigenvalue weighted by atomic mass is 9.99. The molecule has 11 heteroatoms. The molecule has 0 aliphatic heterocycles. The van der Waals surface area contributed by atoms with Gasteiger partial charge < -0.3 is 37.0 Å². The van der Waals surface area contributed by atoms with Gasteiger partial charge in [-0.2, -0.15) is 0 Å². The second-order valence-electron chi connectivity index (χ2n) is 11.1. The van der Waals surface area contributed by atoms with Gasteiger partial charge in [0.2, 0.25) is 17.7 Å². The van der Waals surface area contributed by atoms with E-state index in [1.54, 1.807) is 24.3 Å². The van der Waals surface area contributed by atoms with E-state index >= 15 is 0 Å². The number of nitrogens with two attached hydrogens (primary N) is 1. The fourth-order valence-electron chi connectivity index (χ4n) is 4.27. The van der Waals surface area contributed by atoms with Gasteiger partial charge >= 0.3 is 5.97 Å². The molecule has 8 N–H and O–H groups in total. The number of benzene rings is 2. The van der Waals surface area contributed by atoms with Crippen molar-refractivity contribution in [2.45, 2.75) is 77.5 Å². The lowest BCUT2D eigenvalue weighted by molar-refractivity contribution is -0.142. The number of amides is 3. The first-order valence-corrected chi connectivity index (χ1v) is 13.7. The molecule has 0 saturated heterocycles. The van der Waals surface area contributed by atoms with Gasteiger partial charge in [-0.1, -0.05) is 52.0 Å². The van der Waals surface area contributed by atoms with Crippen molar-refractivity contribution in [3.63, 3.8) is 0 Å². The highest BCUT2D eigenvalue weighted by molar-refractivity contribution is 5.94. The van der Waals surface area contributed by atoms with Gasteiger partial charge in [0.1, 0.15) is 29.6 Å². The molecule has 2 rings (SSSR count). The molecular formula is C30H42N4O7. The minimum atomic E-state index is -1.19. The van der Waals surface area contributed by atoms with Crippen molar-refractivity contribution in [2.24, 2.45) is 17.6 Å². The highest BCUT2D eigenvalue weighted by atomic mass is 16.4. The number of hydrogen-bond donors (Lipinski definition) is 7. The Bertz CT molecular complexity index is 1170. The van der Waals surface area contributed by atoms with Crippen molar-refractivity contribution in [1.29, 1.82) is 0 Å². The fraction of sp³-hybridized carbons (Fsp3) is 0.467. The Labute approximate surface area is 240 Å². The van der Waals surface area contributed by atoms with E-state index in [1.807, 2.05) is 27.7 Å². The molecule has 0 unspecified atom stereocenters. The normalized spacial score (nSPS) is 14.1. The third kappa shape index (κ3) is 11.5. The Kier molecular flexibility index (Phi) is 12.6. The van der Waals surface area contributed by atoms with Crippen molar-refractivity contribution in [1.82, 2.24) is 16.0 Å². The van der Waals surface area contributed by atoms with Crippen LogP contribution < -0.4 is 21.7 Å². The van der Waals surface area contributed by atoms with Gasteiger partial charge in [0.15, 0.2) is 0 Å². The molecule has 0 radical (unpaired) electrons. The topological polar surface area (TPSA) is 191 Å². The molecular weight excluding hydrogens is 528 g/mol. The van der Waals surface area contributed by atoms with E-state index in [2.05, 4.69) is 16.0 Å². The maximum Gasteiger partial charge on any atom is 0.326 e. The predicted octanol–water partition coefficient (Wildman–Crippen LogP) is 1.84. The van der Waals surface area contributed by atoms with E-state index < -0.39 is 47.9 Å². The summed E-state index contributed by atoms with van der Waals surface area (Å²) in [6.45, 7) is 7.44. The number of carbonyl (C=O) groups is 4. The van der Waals surface area contributed by atoms with Crippen molar-refractivity contribution in [2.75, 3.05) is 0 Å². The van der Waals surface area contributed by atoms with E-state index in [0.717, 1.165) is 5.56 Å². The molecule has 2 aromatic carbocycles. The molecule has 3 amide bonds. The molecule has 224 valence electrons. The van der Waals surface area contributed by atoms with Crippen LogP contribution in [0, 0.1) is 11.8 Å². The van der Waals surface area contributed by atoms with Gasteiger partial charge in [0, 0.05) is 6.42 Å². The van der Waals surface area contributed by atoms with E-state index in [4.69, 9.17) is 5.73 Å². The summed E-state index contributed by atoms with van der Waals surface area (Å²) in [6.07, 6.45) is 0.670. The van der Waals surface area contributed by atoms with Gasteiger partial charge in [-0.25, -0.2) is 4.79 Å². The largest absolute Gasteiger partial charge is 0.508 e. The molecule has 2 aromatic rings. The van der Waals surface area contributed by atoms with Gasteiger partial charge in [-0.15, -0.1) is 0 Å². The molecule has 41 heavy (non-hydrogen) atoms. The Morgan fingerprint density at radius 1 is 0.634 bits per heavy atom. The number of carbonyl (C=O) groups excluding carboxylic acids is 3. The number of phenols is 2. The van der Waals surface area contributed by atoms with Crippen molar-refractivity contribution < 1.29 is 34.5 Å². The fourth-order valence-corrected chi connectivity index (χ4v) is 4.27. The first-order valence-electron chi connectivity index (χ1n) is 13.7. The van der Waals surface area contributed by atoms with Crippen molar-refractivity contribution >= 4 is 23.7 Å². The summed E-state index contributed by atoms with van der Waals surface area (Å²) in [6, 6.07) is 8.09. The number of hydrogen-bond acceptors (Lipinski definition) is 7. The van der Waals surface area contributed by atoms with Gasteiger partial charge in [0.25, 0.3) is 0 Å². The monoisotopic (exact) mass is 570 g/mol.